The fourth-order valence-corrected chi connectivity index (χ4v) is 1.88. The topological polar surface area (TPSA) is 104 Å². The van der Waals surface area contributed by atoms with E-state index in [1.54, 1.807) is 18.5 Å². The van der Waals surface area contributed by atoms with Gasteiger partial charge in [0.1, 0.15) is 29.9 Å². The molecule has 0 aliphatic rings. The molecule has 0 unspecified atom stereocenters. The third-order valence-electron chi connectivity index (χ3n) is 3.07. The molecular formula is C15H12N8. The van der Waals surface area contributed by atoms with Gasteiger partial charge in [0.15, 0.2) is 5.69 Å². The van der Waals surface area contributed by atoms with Crippen molar-refractivity contribution in [3.8, 4) is 6.07 Å². The third kappa shape index (κ3) is 3.36. The lowest BCUT2D eigenvalue weighted by molar-refractivity contribution is 1.07. The van der Waals surface area contributed by atoms with E-state index in [-0.39, 0.29) is 5.69 Å². The number of aromatic nitrogens is 5. The van der Waals surface area contributed by atoms with Crippen LogP contribution in [0.1, 0.15) is 5.69 Å². The van der Waals surface area contributed by atoms with E-state index in [9.17, 15) is 0 Å². The summed E-state index contributed by atoms with van der Waals surface area (Å²) >= 11 is 0. The number of nitriles is 1. The van der Waals surface area contributed by atoms with E-state index in [0.29, 0.717) is 11.6 Å². The monoisotopic (exact) mass is 304 g/mol. The lowest BCUT2D eigenvalue weighted by atomic mass is 10.3. The molecule has 8 nitrogen and oxygen atoms in total. The average molecular weight is 304 g/mol. The van der Waals surface area contributed by atoms with Gasteiger partial charge in [-0.2, -0.15) is 5.26 Å². The largest absolute Gasteiger partial charge is 0.329 e. The summed E-state index contributed by atoms with van der Waals surface area (Å²) in [4.78, 5) is 22.4. The standard InChI is InChI=1S/C15H12N8/c1-23(12-2-4-17-5-3-12)15-6-13(20-10-21-15)22-14-9-18-11(7-16)8-19-14/h2-6,8-10H,1H3,(H,19,20,21,22). The minimum atomic E-state index is 0.261. The van der Waals surface area contributed by atoms with Crippen molar-refractivity contribution in [3.05, 3.63) is 55.0 Å². The molecule has 23 heavy (non-hydrogen) atoms. The van der Waals surface area contributed by atoms with Gasteiger partial charge >= 0.3 is 0 Å². The summed E-state index contributed by atoms with van der Waals surface area (Å²) in [6, 6.07) is 7.49. The minimum absolute atomic E-state index is 0.261. The Labute approximate surface area is 132 Å². The molecule has 0 amide bonds. The fourth-order valence-electron chi connectivity index (χ4n) is 1.88. The molecule has 0 saturated carbocycles. The normalized spacial score (nSPS) is 9.91. The Bertz CT molecular complexity index is 826. The molecule has 0 aliphatic heterocycles. The second kappa shape index (κ2) is 6.44. The molecule has 0 saturated heterocycles. The maximum absolute atomic E-state index is 8.72. The van der Waals surface area contributed by atoms with Gasteiger partial charge in [0.25, 0.3) is 0 Å². The van der Waals surface area contributed by atoms with E-state index >= 15 is 0 Å². The highest BCUT2D eigenvalue weighted by molar-refractivity contribution is 5.62. The molecule has 0 aliphatic carbocycles. The Morgan fingerprint density at radius 3 is 2.57 bits per heavy atom. The third-order valence-corrected chi connectivity index (χ3v) is 3.07. The Balaban J connectivity index is 1.81. The van der Waals surface area contributed by atoms with Gasteiger partial charge < -0.3 is 10.2 Å². The summed E-state index contributed by atoms with van der Waals surface area (Å²) < 4.78 is 0. The second-order valence-electron chi connectivity index (χ2n) is 4.55. The number of pyridine rings is 1. The summed E-state index contributed by atoms with van der Waals surface area (Å²) in [7, 11) is 1.91. The molecule has 3 heterocycles. The molecule has 0 spiro atoms. The van der Waals surface area contributed by atoms with Crippen LogP contribution >= 0.6 is 0 Å². The molecule has 8 heteroatoms. The first-order valence-corrected chi connectivity index (χ1v) is 6.71. The zero-order valence-corrected chi connectivity index (χ0v) is 12.2. The van der Waals surface area contributed by atoms with Gasteiger partial charge in [0.05, 0.1) is 12.4 Å². The molecule has 0 atom stereocenters. The van der Waals surface area contributed by atoms with Crippen LogP contribution in [-0.4, -0.2) is 32.0 Å². The average Bonchev–Trinajstić information content (AvgIpc) is 2.63. The number of hydrogen-bond acceptors (Lipinski definition) is 8. The van der Waals surface area contributed by atoms with Crippen molar-refractivity contribution in [2.75, 3.05) is 17.3 Å². The zero-order valence-electron chi connectivity index (χ0n) is 12.2. The van der Waals surface area contributed by atoms with Gasteiger partial charge in [0, 0.05) is 31.2 Å². The van der Waals surface area contributed by atoms with Crippen molar-refractivity contribution in [1.29, 1.82) is 5.26 Å². The van der Waals surface area contributed by atoms with Crippen molar-refractivity contribution in [3.63, 3.8) is 0 Å². The van der Waals surface area contributed by atoms with Gasteiger partial charge in [-0.1, -0.05) is 0 Å². The number of anilines is 4. The van der Waals surface area contributed by atoms with E-state index in [1.807, 2.05) is 30.1 Å². The first-order valence-electron chi connectivity index (χ1n) is 6.71. The molecule has 112 valence electrons. The van der Waals surface area contributed by atoms with E-state index in [2.05, 4.69) is 30.2 Å². The maximum atomic E-state index is 8.72. The molecule has 3 aromatic rings. The number of nitrogens with zero attached hydrogens (tertiary/aromatic N) is 7. The van der Waals surface area contributed by atoms with Gasteiger partial charge in [-0.25, -0.2) is 19.9 Å². The highest BCUT2D eigenvalue weighted by Gasteiger charge is 2.07. The van der Waals surface area contributed by atoms with E-state index < -0.39 is 0 Å². The van der Waals surface area contributed by atoms with Gasteiger partial charge in [-0.05, 0) is 12.1 Å². The lowest BCUT2D eigenvalue weighted by Gasteiger charge is -2.18. The van der Waals surface area contributed by atoms with Crippen LogP contribution in [0.4, 0.5) is 23.1 Å². The van der Waals surface area contributed by atoms with Gasteiger partial charge in [-0.3, -0.25) is 4.98 Å². The Hall–Kier alpha value is -3.60. The molecule has 0 fully saturated rings. The molecular weight excluding hydrogens is 292 g/mol. The summed E-state index contributed by atoms with van der Waals surface area (Å²) in [5.41, 5.74) is 1.22. The Morgan fingerprint density at radius 1 is 1.04 bits per heavy atom. The predicted molar refractivity (Wildman–Crippen MR) is 84.4 cm³/mol. The quantitative estimate of drug-likeness (QED) is 0.781. The van der Waals surface area contributed by atoms with E-state index in [1.165, 1.54) is 18.7 Å². The van der Waals surface area contributed by atoms with Crippen molar-refractivity contribution < 1.29 is 0 Å². The Kier molecular flexibility index (Phi) is 4.02. The van der Waals surface area contributed by atoms with Gasteiger partial charge in [0.2, 0.25) is 0 Å². The highest BCUT2D eigenvalue weighted by Crippen LogP contribution is 2.22. The molecule has 1 N–H and O–H groups in total. The smallest absolute Gasteiger partial charge is 0.158 e. The van der Waals surface area contributed by atoms with Crippen molar-refractivity contribution in [2.45, 2.75) is 0 Å². The zero-order chi connectivity index (χ0) is 16.1. The van der Waals surface area contributed by atoms with Crippen molar-refractivity contribution in [1.82, 2.24) is 24.9 Å². The molecule has 0 radical (unpaired) electrons. The van der Waals surface area contributed by atoms with E-state index in [4.69, 9.17) is 5.26 Å². The first-order chi connectivity index (χ1) is 11.3. The summed E-state index contributed by atoms with van der Waals surface area (Å²) in [6.07, 6.45) is 7.78. The summed E-state index contributed by atoms with van der Waals surface area (Å²) in [6.45, 7) is 0. The SMILES string of the molecule is CN(c1ccncc1)c1cc(Nc2cnc(C#N)cn2)ncn1. The minimum Gasteiger partial charge on any atom is -0.329 e. The van der Waals surface area contributed by atoms with E-state index in [0.717, 1.165) is 11.5 Å². The molecule has 3 aromatic heterocycles. The predicted octanol–water partition coefficient (Wildman–Crippen LogP) is 2.04. The van der Waals surface area contributed by atoms with Crippen LogP contribution in [-0.2, 0) is 0 Å². The van der Waals surface area contributed by atoms with Crippen LogP contribution in [0.25, 0.3) is 0 Å². The second-order valence-corrected chi connectivity index (χ2v) is 4.55. The van der Waals surface area contributed by atoms with Crippen molar-refractivity contribution >= 4 is 23.1 Å². The van der Waals surface area contributed by atoms with Crippen LogP contribution in [0, 0.1) is 11.3 Å². The van der Waals surface area contributed by atoms with Crippen LogP contribution in [0.5, 0.6) is 0 Å². The van der Waals surface area contributed by atoms with Gasteiger partial charge in [-0.15, -0.1) is 0 Å². The summed E-state index contributed by atoms with van der Waals surface area (Å²) in [5.74, 6) is 1.80. The number of nitrogens with one attached hydrogen (secondary N) is 1. The molecule has 0 aromatic carbocycles. The number of hydrogen-bond donors (Lipinski definition) is 1. The first kappa shape index (κ1) is 14.3. The summed E-state index contributed by atoms with van der Waals surface area (Å²) in [5, 5.41) is 11.7. The maximum Gasteiger partial charge on any atom is 0.158 e. The number of rotatable bonds is 4. The lowest BCUT2D eigenvalue weighted by Crippen LogP contribution is -2.12. The van der Waals surface area contributed by atoms with Crippen LogP contribution in [0.3, 0.4) is 0 Å². The highest BCUT2D eigenvalue weighted by atomic mass is 15.2. The van der Waals surface area contributed by atoms with Crippen LogP contribution in [0.15, 0.2) is 49.3 Å². The fraction of sp³-hybridized carbons (Fsp3) is 0.0667. The van der Waals surface area contributed by atoms with Crippen molar-refractivity contribution in [2.24, 2.45) is 0 Å². The Morgan fingerprint density at radius 2 is 1.87 bits per heavy atom. The molecule has 0 bridgehead atoms. The molecule has 3 rings (SSSR count). The van der Waals surface area contributed by atoms with Crippen LogP contribution < -0.4 is 10.2 Å². The van der Waals surface area contributed by atoms with Crippen LogP contribution in [0.2, 0.25) is 0 Å².